The number of aromatic nitrogens is 2. The van der Waals surface area contributed by atoms with Crippen LogP contribution in [0.15, 0.2) is 10.5 Å². The van der Waals surface area contributed by atoms with Crippen molar-refractivity contribution in [1.82, 2.24) is 14.9 Å². The predicted molar refractivity (Wildman–Crippen MR) is 86.7 cm³/mol. The minimum Gasteiger partial charge on any atom is -0.353 e. The van der Waals surface area contributed by atoms with Crippen molar-refractivity contribution in [2.45, 2.75) is 6.92 Å². The molecule has 0 spiro atoms. The molecule has 112 valence electrons. The number of fused-ring (bicyclic) bond motifs is 1. The Hall–Kier alpha value is -0.980. The van der Waals surface area contributed by atoms with Crippen LogP contribution in [0.1, 0.15) is 5.82 Å². The molecule has 0 radical (unpaired) electrons. The number of rotatable bonds is 1. The van der Waals surface area contributed by atoms with Crippen molar-refractivity contribution in [3.8, 4) is 0 Å². The zero-order chi connectivity index (χ0) is 15.1. The maximum atomic E-state index is 14.4. The van der Waals surface area contributed by atoms with E-state index >= 15 is 0 Å². The van der Waals surface area contributed by atoms with Crippen LogP contribution in [0.2, 0.25) is 5.02 Å². The van der Waals surface area contributed by atoms with Crippen LogP contribution in [-0.2, 0) is 0 Å². The lowest BCUT2D eigenvalue weighted by Gasteiger charge is -2.33. The molecule has 1 aromatic carbocycles. The minimum atomic E-state index is -0.432. The summed E-state index contributed by atoms with van der Waals surface area (Å²) in [5, 5.41) is 0.999. The first-order valence-electron chi connectivity index (χ1n) is 6.72. The maximum absolute atomic E-state index is 14.4. The highest BCUT2D eigenvalue weighted by molar-refractivity contribution is 9.10. The van der Waals surface area contributed by atoms with E-state index in [0.29, 0.717) is 21.7 Å². The highest BCUT2D eigenvalue weighted by Crippen LogP contribution is 2.35. The molecule has 0 amide bonds. The van der Waals surface area contributed by atoms with Gasteiger partial charge in [0.15, 0.2) is 5.82 Å². The van der Waals surface area contributed by atoms with Crippen LogP contribution in [0.5, 0.6) is 0 Å². The second kappa shape index (κ2) is 5.66. The van der Waals surface area contributed by atoms with E-state index in [9.17, 15) is 4.39 Å². The summed E-state index contributed by atoms with van der Waals surface area (Å²) in [5.41, 5.74) is 0.313. The molecule has 4 nitrogen and oxygen atoms in total. The molecule has 21 heavy (non-hydrogen) atoms. The van der Waals surface area contributed by atoms with Crippen molar-refractivity contribution < 1.29 is 4.39 Å². The number of hydrogen-bond donors (Lipinski definition) is 0. The molecular formula is C14H15BrClFN4. The summed E-state index contributed by atoms with van der Waals surface area (Å²) in [6.07, 6.45) is 0. The molecule has 0 unspecified atom stereocenters. The van der Waals surface area contributed by atoms with Crippen LogP contribution in [-0.4, -0.2) is 48.1 Å². The molecule has 0 bridgehead atoms. The molecule has 2 aromatic rings. The fourth-order valence-corrected chi connectivity index (χ4v) is 3.02. The molecule has 1 aliphatic rings. The molecule has 1 aromatic heterocycles. The largest absolute Gasteiger partial charge is 0.353 e. The average Bonchev–Trinajstić information content (AvgIpc) is 2.46. The van der Waals surface area contributed by atoms with Gasteiger partial charge in [0.2, 0.25) is 0 Å². The third kappa shape index (κ3) is 2.72. The van der Waals surface area contributed by atoms with E-state index in [2.05, 4.69) is 42.7 Å². The molecule has 0 N–H and O–H groups in total. The number of nitrogens with zero attached hydrogens (tertiary/aromatic N) is 4. The summed E-state index contributed by atoms with van der Waals surface area (Å²) in [5.74, 6) is 0.891. The summed E-state index contributed by atoms with van der Waals surface area (Å²) < 4.78 is 14.6. The van der Waals surface area contributed by atoms with Gasteiger partial charge in [0, 0.05) is 31.6 Å². The van der Waals surface area contributed by atoms with E-state index in [1.807, 2.05) is 0 Å². The van der Waals surface area contributed by atoms with Crippen LogP contribution in [0.25, 0.3) is 10.9 Å². The summed E-state index contributed by atoms with van der Waals surface area (Å²) >= 11 is 9.26. The average molecular weight is 374 g/mol. The first kappa shape index (κ1) is 14.9. The van der Waals surface area contributed by atoms with Crippen LogP contribution in [0.4, 0.5) is 10.2 Å². The summed E-state index contributed by atoms with van der Waals surface area (Å²) in [4.78, 5) is 13.2. The Morgan fingerprint density at radius 1 is 1.24 bits per heavy atom. The third-order valence-electron chi connectivity index (χ3n) is 3.72. The molecule has 0 atom stereocenters. The maximum Gasteiger partial charge on any atom is 0.165 e. The number of anilines is 1. The molecule has 1 aliphatic heterocycles. The van der Waals surface area contributed by atoms with Crippen molar-refractivity contribution in [3.63, 3.8) is 0 Å². The number of halogens is 3. The van der Waals surface area contributed by atoms with Gasteiger partial charge in [-0.2, -0.15) is 0 Å². The van der Waals surface area contributed by atoms with Gasteiger partial charge in [0.1, 0.15) is 17.2 Å². The fraction of sp³-hybridized carbons (Fsp3) is 0.429. The summed E-state index contributed by atoms with van der Waals surface area (Å²) in [6.45, 7) is 5.41. The van der Waals surface area contributed by atoms with E-state index in [1.165, 1.54) is 0 Å². The number of piperazine rings is 1. The molecule has 1 fully saturated rings. The van der Waals surface area contributed by atoms with E-state index < -0.39 is 5.82 Å². The third-order valence-corrected chi connectivity index (χ3v) is 5.02. The van der Waals surface area contributed by atoms with Gasteiger partial charge in [-0.15, -0.1) is 0 Å². The first-order valence-corrected chi connectivity index (χ1v) is 7.90. The van der Waals surface area contributed by atoms with Gasteiger partial charge in [-0.25, -0.2) is 14.4 Å². The molecule has 0 saturated carbocycles. The Balaban J connectivity index is 2.18. The zero-order valence-corrected chi connectivity index (χ0v) is 14.2. The van der Waals surface area contributed by atoms with Crippen molar-refractivity contribution in [3.05, 3.63) is 27.2 Å². The SMILES string of the molecule is Cc1nc(N2CCN(C)CC2)c2cc(Cl)c(Br)c(F)c2n1. The van der Waals surface area contributed by atoms with Gasteiger partial charge < -0.3 is 9.80 Å². The predicted octanol–water partition coefficient (Wildman–Crippen LogP) is 3.25. The van der Waals surface area contributed by atoms with E-state index in [0.717, 1.165) is 32.0 Å². The second-order valence-corrected chi connectivity index (χ2v) is 6.47. The van der Waals surface area contributed by atoms with Gasteiger partial charge >= 0.3 is 0 Å². The molecule has 3 rings (SSSR count). The van der Waals surface area contributed by atoms with Gasteiger partial charge in [-0.05, 0) is 36.0 Å². The summed E-state index contributed by atoms with van der Waals surface area (Å²) in [6, 6.07) is 1.73. The smallest absolute Gasteiger partial charge is 0.165 e. The van der Waals surface area contributed by atoms with Crippen LogP contribution < -0.4 is 4.90 Å². The van der Waals surface area contributed by atoms with E-state index in [1.54, 1.807) is 13.0 Å². The van der Waals surface area contributed by atoms with E-state index in [-0.39, 0.29) is 4.47 Å². The number of benzene rings is 1. The van der Waals surface area contributed by atoms with Gasteiger partial charge in [0.25, 0.3) is 0 Å². The molecular weight excluding hydrogens is 359 g/mol. The zero-order valence-electron chi connectivity index (χ0n) is 11.8. The van der Waals surface area contributed by atoms with Gasteiger partial charge in [-0.1, -0.05) is 11.6 Å². The lowest BCUT2D eigenvalue weighted by Crippen LogP contribution is -2.45. The standard InChI is InChI=1S/C14H15BrClFN4/c1-8-18-13-9(7-10(16)11(15)12(13)17)14(19-8)21-5-3-20(2)4-6-21/h7H,3-6H2,1-2H3. The van der Waals surface area contributed by atoms with Crippen molar-refractivity contribution in [2.75, 3.05) is 38.1 Å². The Morgan fingerprint density at radius 3 is 2.57 bits per heavy atom. The van der Waals surface area contributed by atoms with Crippen LogP contribution >= 0.6 is 27.5 Å². The normalized spacial score (nSPS) is 16.7. The Kier molecular flexibility index (Phi) is 4.03. The number of hydrogen-bond acceptors (Lipinski definition) is 4. The fourth-order valence-electron chi connectivity index (χ4n) is 2.52. The first-order chi connectivity index (χ1) is 9.97. The molecule has 0 aliphatic carbocycles. The quantitative estimate of drug-likeness (QED) is 0.718. The summed E-state index contributed by atoms with van der Waals surface area (Å²) in [7, 11) is 2.09. The van der Waals surface area contributed by atoms with Gasteiger partial charge in [-0.3, -0.25) is 0 Å². The van der Waals surface area contributed by atoms with E-state index in [4.69, 9.17) is 11.6 Å². The lowest BCUT2D eigenvalue weighted by atomic mass is 10.2. The van der Waals surface area contributed by atoms with Crippen molar-refractivity contribution in [1.29, 1.82) is 0 Å². The van der Waals surface area contributed by atoms with Gasteiger partial charge in [0.05, 0.1) is 9.50 Å². The molecule has 2 heterocycles. The minimum absolute atomic E-state index is 0.249. The number of likely N-dealkylation sites (N-methyl/N-ethyl adjacent to an activating group) is 1. The Morgan fingerprint density at radius 2 is 1.90 bits per heavy atom. The Labute approximate surface area is 136 Å². The highest BCUT2D eigenvalue weighted by atomic mass is 79.9. The monoisotopic (exact) mass is 372 g/mol. The Bertz CT molecular complexity index is 701. The lowest BCUT2D eigenvalue weighted by molar-refractivity contribution is 0.312. The van der Waals surface area contributed by atoms with Crippen LogP contribution in [0, 0.1) is 12.7 Å². The van der Waals surface area contributed by atoms with Crippen molar-refractivity contribution in [2.24, 2.45) is 0 Å². The topological polar surface area (TPSA) is 32.3 Å². The van der Waals surface area contributed by atoms with Crippen LogP contribution in [0.3, 0.4) is 0 Å². The molecule has 1 saturated heterocycles. The highest BCUT2D eigenvalue weighted by Gasteiger charge is 2.21. The second-order valence-electron chi connectivity index (χ2n) is 5.27. The molecule has 7 heteroatoms. The number of aryl methyl sites for hydroxylation is 1. The van der Waals surface area contributed by atoms with Crippen molar-refractivity contribution >= 4 is 44.3 Å².